The molecular formula is C24H31N3O4. The number of hydrogen-bond acceptors (Lipinski definition) is 5. The van der Waals surface area contributed by atoms with E-state index < -0.39 is 11.1 Å². The number of nitrogens with one attached hydrogen (secondary N) is 1. The van der Waals surface area contributed by atoms with Crippen LogP contribution in [0.25, 0.3) is 10.9 Å². The molecule has 2 aromatic rings. The molecule has 1 aromatic carbocycles. The topological polar surface area (TPSA) is 80.8 Å². The SMILES string of the molecule is CC(C)(COc1ccnc2ccccc12)NC(=O)C1[C@H]2CN(C(=O)OC(C)(C)C)C[C@@H]12. The highest BCUT2D eigenvalue weighted by atomic mass is 16.6. The number of nitrogens with zero attached hydrogens (tertiary/aromatic N) is 2. The Morgan fingerprint density at radius 1 is 1.10 bits per heavy atom. The number of carbonyl (C=O) groups is 2. The maximum Gasteiger partial charge on any atom is 0.410 e. The highest BCUT2D eigenvalue weighted by Gasteiger charge is 2.61. The third-order valence-electron chi connectivity index (χ3n) is 5.81. The molecule has 1 aliphatic heterocycles. The fourth-order valence-electron chi connectivity index (χ4n) is 4.30. The van der Waals surface area contributed by atoms with Crippen molar-refractivity contribution >= 4 is 22.9 Å². The van der Waals surface area contributed by atoms with E-state index in [0.29, 0.717) is 19.7 Å². The maximum atomic E-state index is 12.9. The van der Waals surface area contributed by atoms with E-state index in [0.717, 1.165) is 16.7 Å². The zero-order valence-corrected chi connectivity index (χ0v) is 18.8. The standard InChI is InChI=1S/C24H31N3O4/c1-23(2,3)31-22(29)27-12-16-17(13-27)20(16)21(28)26-24(4,5)14-30-19-10-11-25-18-9-7-6-8-15(18)19/h6-11,16-17,20H,12-14H2,1-5H3,(H,26,28)/t16-,17+,20?. The molecule has 1 N–H and O–H groups in total. The summed E-state index contributed by atoms with van der Waals surface area (Å²) in [6, 6.07) is 9.67. The maximum absolute atomic E-state index is 12.9. The monoisotopic (exact) mass is 425 g/mol. The average molecular weight is 426 g/mol. The van der Waals surface area contributed by atoms with Crippen molar-refractivity contribution < 1.29 is 19.1 Å². The lowest BCUT2D eigenvalue weighted by atomic mass is 10.1. The van der Waals surface area contributed by atoms with Crippen molar-refractivity contribution in [2.75, 3.05) is 19.7 Å². The van der Waals surface area contributed by atoms with Gasteiger partial charge < -0.3 is 19.7 Å². The van der Waals surface area contributed by atoms with Gasteiger partial charge in [-0.05, 0) is 64.7 Å². The average Bonchev–Trinajstić information content (AvgIpc) is 3.19. The first-order valence-corrected chi connectivity index (χ1v) is 10.8. The Balaban J connectivity index is 1.29. The van der Waals surface area contributed by atoms with Crippen LogP contribution in [-0.4, -0.2) is 52.7 Å². The lowest BCUT2D eigenvalue weighted by molar-refractivity contribution is -0.125. The van der Waals surface area contributed by atoms with E-state index in [2.05, 4.69) is 10.3 Å². The first-order valence-electron chi connectivity index (χ1n) is 10.8. The number of pyridine rings is 1. The molecular weight excluding hydrogens is 394 g/mol. The Morgan fingerprint density at radius 2 is 1.77 bits per heavy atom. The van der Waals surface area contributed by atoms with Crippen molar-refractivity contribution in [3.63, 3.8) is 0 Å². The van der Waals surface area contributed by atoms with Crippen LogP contribution in [-0.2, 0) is 9.53 Å². The van der Waals surface area contributed by atoms with Gasteiger partial charge in [-0.25, -0.2) is 4.79 Å². The number of ether oxygens (including phenoxy) is 2. The van der Waals surface area contributed by atoms with Crippen molar-refractivity contribution in [3.05, 3.63) is 36.5 Å². The van der Waals surface area contributed by atoms with Gasteiger partial charge in [-0.15, -0.1) is 0 Å². The van der Waals surface area contributed by atoms with Gasteiger partial charge in [0.25, 0.3) is 0 Å². The molecule has 1 saturated heterocycles. The number of carbonyl (C=O) groups excluding carboxylic acids is 2. The molecule has 31 heavy (non-hydrogen) atoms. The first-order chi connectivity index (χ1) is 14.5. The van der Waals surface area contributed by atoms with E-state index in [1.165, 1.54) is 0 Å². The van der Waals surface area contributed by atoms with Gasteiger partial charge in [0, 0.05) is 30.6 Å². The molecule has 7 heteroatoms. The van der Waals surface area contributed by atoms with Crippen LogP contribution < -0.4 is 10.1 Å². The molecule has 2 heterocycles. The fourth-order valence-corrected chi connectivity index (χ4v) is 4.30. The lowest BCUT2D eigenvalue weighted by Gasteiger charge is -2.28. The second-order valence-corrected chi connectivity index (χ2v) is 10.2. The number of fused-ring (bicyclic) bond motifs is 2. The highest BCUT2D eigenvalue weighted by Crippen LogP contribution is 2.52. The largest absolute Gasteiger partial charge is 0.490 e. The van der Waals surface area contributed by atoms with E-state index in [4.69, 9.17) is 9.47 Å². The summed E-state index contributed by atoms with van der Waals surface area (Å²) < 4.78 is 11.5. The number of hydrogen-bond donors (Lipinski definition) is 1. The van der Waals surface area contributed by atoms with E-state index in [1.54, 1.807) is 11.1 Å². The van der Waals surface area contributed by atoms with Crippen molar-refractivity contribution in [3.8, 4) is 5.75 Å². The summed E-state index contributed by atoms with van der Waals surface area (Å²) in [7, 11) is 0. The number of piperidine rings is 1. The van der Waals surface area contributed by atoms with E-state index >= 15 is 0 Å². The summed E-state index contributed by atoms with van der Waals surface area (Å²) in [6.07, 6.45) is 1.43. The summed E-state index contributed by atoms with van der Waals surface area (Å²) in [5.74, 6) is 1.18. The lowest BCUT2D eigenvalue weighted by Crippen LogP contribution is -2.49. The van der Waals surface area contributed by atoms with Crippen molar-refractivity contribution in [1.82, 2.24) is 15.2 Å². The van der Waals surface area contributed by atoms with Crippen LogP contribution in [0.4, 0.5) is 4.79 Å². The summed E-state index contributed by atoms with van der Waals surface area (Å²) in [5, 5.41) is 4.08. The first kappa shape index (κ1) is 21.4. The second kappa shape index (κ2) is 7.70. The number of rotatable bonds is 5. The molecule has 166 valence electrons. The number of aromatic nitrogens is 1. The van der Waals surface area contributed by atoms with Crippen molar-refractivity contribution in [2.45, 2.75) is 45.8 Å². The van der Waals surface area contributed by atoms with E-state index in [9.17, 15) is 9.59 Å². The summed E-state index contributed by atoms with van der Waals surface area (Å²) >= 11 is 0. The van der Waals surface area contributed by atoms with Gasteiger partial charge in [0.1, 0.15) is 18.0 Å². The molecule has 4 rings (SSSR count). The Bertz CT molecular complexity index is 980. The Kier molecular flexibility index (Phi) is 5.31. The van der Waals surface area contributed by atoms with Crippen LogP contribution in [0.1, 0.15) is 34.6 Å². The van der Waals surface area contributed by atoms with Crippen LogP contribution in [0.2, 0.25) is 0 Å². The van der Waals surface area contributed by atoms with Crippen molar-refractivity contribution in [2.24, 2.45) is 17.8 Å². The molecule has 2 amide bonds. The van der Waals surface area contributed by atoms with Crippen LogP contribution in [0.3, 0.4) is 0 Å². The number of para-hydroxylation sites is 1. The molecule has 0 spiro atoms. The van der Waals surface area contributed by atoms with Gasteiger partial charge in [0.15, 0.2) is 0 Å². The van der Waals surface area contributed by atoms with Crippen molar-refractivity contribution in [1.29, 1.82) is 0 Å². The van der Waals surface area contributed by atoms with Crippen LogP contribution >= 0.6 is 0 Å². The normalized spacial score (nSPS) is 22.7. The molecule has 2 fully saturated rings. The van der Waals surface area contributed by atoms with Gasteiger partial charge >= 0.3 is 6.09 Å². The minimum absolute atomic E-state index is 0.0343. The van der Waals surface area contributed by atoms with E-state index in [1.807, 2.05) is 65.0 Å². The second-order valence-electron chi connectivity index (χ2n) is 10.2. The zero-order chi connectivity index (χ0) is 22.4. The molecule has 7 nitrogen and oxygen atoms in total. The summed E-state index contributed by atoms with van der Waals surface area (Å²) in [4.78, 5) is 31.1. The molecule has 1 unspecified atom stereocenters. The molecule has 2 aliphatic rings. The fraction of sp³-hybridized carbons (Fsp3) is 0.542. The van der Waals surface area contributed by atoms with Crippen LogP contribution in [0, 0.1) is 17.8 Å². The van der Waals surface area contributed by atoms with Gasteiger partial charge in [0.2, 0.25) is 5.91 Å². The minimum atomic E-state index is -0.525. The predicted octanol–water partition coefficient (Wildman–Crippen LogP) is 3.62. The van der Waals surface area contributed by atoms with Crippen LogP contribution in [0.15, 0.2) is 36.5 Å². The number of likely N-dealkylation sites (tertiary alicyclic amines) is 1. The quantitative estimate of drug-likeness (QED) is 0.791. The Hall–Kier alpha value is -2.83. The molecule has 0 bridgehead atoms. The van der Waals surface area contributed by atoms with Crippen LogP contribution in [0.5, 0.6) is 5.75 Å². The molecule has 3 atom stereocenters. The highest BCUT2D eigenvalue weighted by molar-refractivity contribution is 5.85. The van der Waals surface area contributed by atoms with Gasteiger partial charge in [-0.2, -0.15) is 0 Å². The molecule has 1 aliphatic carbocycles. The number of amides is 2. The van der Waals surface area contributed by atoms with E-state index in [-0.39, 0.29) is 29.8 Å². The number of benzene rings is 1. The Morgan fingerprint density at radius 3 is 2.45 bits per heavy atom. The smallest absolute Gasteiger partial charge is 0.410 e. The predicted molar refractivity (Wildman–Crippen MR) is 118 cm³/mol. The zero-order valence-electron chi connectivity index (χ0n) is 18.8. The van der Waals surface area contributed by atoms with Gasteiger partial charge in [-0.1, -0.05) is 12.1 Å². The van der Waals surface area contributed by atoms with Gasteiger partial charge in [-0.3, -0.25) is 9.78 Å². The summed E-state index contributed by atoms with van der Waals surface area (Å²) in [5.41, 5.74) is -0.157. The molecule has 1 aromatic heterocycles. The minimum Gasteiger partial charge on any atom is -0.490 e. The van der Waals surface area contributed by atoms with Gasteiger partial charge in [0.05, 0.1) is 11.1 Å². The summed E-state index contributed by atoms with van der Waals surface area (Å²) in [6.45, 7) is 11.0. The molecule has 1 saturated carbocycles. The molecule has 0 radical (unpaired) electrons. The Labute approximate surface area is 183 Å². The third-order valence-corrected chi connectivity index (χ3v) is 5.81. The third kappa shape index (κ3) is 4.75.